The van der Waals surface area contributed by atoms with E-state index in [2.05, 4.69) is 55.5 Å². The number of nitro benzene ring substituents is 1. The van der Waals surface area contributed by atoms with Gasteiger partial charge in [-0.25, -0.2) is 0 Å². The summed E-state index contributed by atoms with van der Waals surface area (Å²) in [7, 11) is 0. The molecule has 0 unspecified atom stereocenters. The Morgan fingerprint density at radius 2 is 1.15 bits per heavy atom. The first-order valence-corrected chi connectivity index (χ1v) is 8.37. The molecular weight excluding hydrogens is 322 g/mol. The molecule has 0 fully saturated rings. The molecule has 0 spiro atoms. The molecule has 3 aromatic carbocycles. The third-order valence-corrected chi connectivity index (χ3v) is 4.03. The molecule has 0 bridgehead atoms. The molecule has 0 N–H and O–H groups in total. The fourth-order valence-corrected chi connectivity index (χ4v) is 2.54. The average Bonchev–Trinajstić information content (AvgIpc) is 2.66. The second-order valence-electron chi connectivity index (χ2n) is 6.10. The van der Waals surface area contributed by atoms with E-state index in [0.29, 0.717) is 0 Å². The predicted octanol–water partition coefficient (Wildman–Crippen LogP) is 6.24. The zero-order valence-electron chi connectivity index (χ0n) is 14.5. The number of hydrogen-bond donors (Lipinski definition) is 0. The van der Waals surface area contributed by atoms with E-state index in [0.717, 1.165) is 16.7 Å². The fraction of sp³-hybridized carbons (Fsp3) is 0.0435. The molecule has 128 valence electrons. The van der Waals surface area contributed by atoms with E-state index in [1.807, 2.05) is 24.3 Å². The Morgan fingerprint density at radius 3 is 1.65 bits per heavy atom. The quantitative estimate of drug-likeness (QED) is 0.313. The van der Waals surface area contributed by atoms with Crippen LogP contribution in [0.4, 0.5) is 5.69 Å². The Balaban J connectivity index is 1.72. The maximum Gasteiger partial charge on any atom is 0.269 e. The molecule has 0 aliphatic rings. The minimum absolute atomic E-state index is 0.102. The maximum absolute atomic E-state index is 10.7. The lowest BCUT2D eigenvalue weighted by Crippen LogP contribution is -1.86. The van der Waals surface area contributed by atoms with Gasteiger partial charge in [-0.15, -0.1) is 0 Å². The van der Waals surface area contributed by atoms with E-state index >= 15 is 0 Å². The molecule has 0 radical (unpaired) electrons. The molecule has 26 heavy (non-hydrogen) atoms. The largest absolute Gasteiger partial charge is 0.269 e. The van der Waals surface area contributed by atoms with Gasteiger partial charge < -0.3 is 0 Å². The summed E-state index contributed by atoms with van der Waals surface area (Å²) in [6.07, 6.45) is 8.14. The average molecular weight is 341 g/mol. The Labute approximate surface area is 153 Å². The summed E-state index contributed by atoms with van der Waals surface area (Å²) in [4.78, 5) is 10.3. The van der Waals surface area contributed by atoms with Crippen molar-refractivity contribution in [2.24, 2.45) is 0 Å². The molecule has 3 rings (SSSR count). The highest BCUT2D eigenvalue weighted by Gasteiger charge is 2.02. The molecule has 3 nitrogen and oxygen atoms in total. The van der Waals surface area contributed by atoms with E-state index in [4.69, 9.17) is 0 Å². The summed E-state index contributed by atoms with van der Waals surface area (Å²) < 4.78 is 0. The van der Waals surface area contributed by atoms with Gasteiger partial charge >= 0.3 is 0 Å². The van der Waals surface area contributed by atoms with E-state index in [-0.39, 0.29) is 5.69 Å². The van der Waals surface area contributed by atoms with E-state index in [9.17, 15) is 10.1 Å². The first kappa shape index (κ1) is 17.4. The van der Waals surface area contributed by atoms with Crippen molar-refractivity contribution in [3.63, 3.8) is 0 Å². The summed E-state index contributed by atoms with van der Waals surface area (Å²) in [5, 5.41) is 10.7. The Morgan fingerprint density at radius 1 is 0.692 bits per heavy atom. The highest BCUT2D eigenvalue weighted by Crippen LogP contribution is 2.16. The van der Waals surface area contributed by atoms with Crippen LogP contribution in [0.5, 0.6) is 0 Å². The normalized spacial score (nSPS) is 11.3. The van der Waals surface area contributed by atoms with E-state index in [1.54, 1.807) is 12.1 Å². The van der Waals surface area contributed by atoms with Crippen LogP contribution in [-0.4, -0.2) is 4.92 Å². The second-order valence-corrected chi connectivity index (χ2v) is 6.10. The second kappa shape index (κ2) is 8.08. The Kier molecular flexibility index (Phi) is 5.40. The summed E-state index contributed by atoms with van der Waals surface area (Å²) in [6, 6.07) is 23.1. The van der Waals surface area contributed by atoms with Crippen LogP contribution < -0.4 is 0 Å². The lowest BCUT2D eigenvalue weighted by Gasteiger charge is -1.99. The highest BCUT2D eigenvalue weighted by molar-refractivity contribution is 5.74. The van der Waals surface area contributed by atoms with Crippen LogP contribution in [0.3, 0.4) is 0 Å². The minimum Gasteiger partial charge on any atom is -0.258 e. The van der Waals surface area contributed by atoms with Crippen LogP contribution in [0.15, 0.2) is 72.8 Å². The Hall–Kier alpha value is -3.46. The molecule has 0 aliphatic carbocycles. The molecule has 3 heteroatoms. The molecule has 0 amide bonds. The number of rotatable bonds is 5. The standard InChI is InChI=1S/C23H19NO2/c1-18-5-7-19(8-6-18)9-11-21-3-2-4-22(17-21)12-10-20-13-15-23(16-14-20)24(25)26/h2-17H,1H3/b11-9+,12-10+. The van der Waals surface area contributed by atoms with Crippen molar-refractivity contribution in [2.75, 3.05) is 0 Å². The van der Waals surface area contributed by atoms with Crippen LogP contribution in [0.2, 0.25) is 0 Å². The number of hydrogen-bond acceptors (Lipinski definition) is 2. The zero-order valence-corrected chi connectivity index (χ0v) is 14.5. The SMILES string of the molecule is Cc1ccc(/C=C/c2cccc(/C=C/c3ccc([N+](=O)[O-])cc3)c2)cc1. The lowest BCUT2D eigenvalue weighted by atomic mass is 10.1. The molecular formula is C23H19NO2. The number of benzene rings is 3. The van der Waals surface area contributed by atoms with Crippen LogP contribution in [0.25, 0.3) is 24.3 Å². The van der Waals surface area contributed by atoms with Gasteiger partial charge in [0.25, 0.3) is 5.69 Å². The van der Waals surface area contributed by atoms with Crippen molar-refractivity contribution in [3.05, 3.63) is 111 Å². The Bertz CT molecular complexity index is 952. The number of nitrogens with zero attached hydrogens (tertiary/aromatic N) is 1. The van der Waals surface area contributed by atoms with Crippen LogP contribution >= 0.6 is 0 Å². The van der Waals surface area contributed by atoms with E-state index < -0.39 is 4.92 Å². The number of non-ortho nitro benzene ring substituents is 1. The molecule has 0 saturated carbocycles. The van der Waals surface area contributed by atoms with Crippen molar-refractivity contribution in [3.8, 4) is 0 Å². The maximum atomic E-state index is 10.7. The smallest absolute Gasteiger partial charge is 0.258 e. The molecule has 3 aromatic rings. The molecule has 0 aromatic heterocycles. The van der Waals surface area contributed by atoms with Gasteiger partial charge in [-0.3, -0.25) is 10.1 Å². The van der Waals surface area contributed by atoms with Gasteiger partial charge in [0.05, 0.1) is 4.92 Å². The van der Waals surface area contributed by atoms with Crippen molar-refractivity contribution in [1.82, 2.24) is 0 Å². The van der Waals surface area contributed by atoms with Crippen LogP contribution in [0, 0.1) is 17.0 Å². The van der Waals surface area contributed by atoms with Gasteiger partial charge in [0.2, 0.25) is 0 Å². The minimum atomic E-state index is -0.392. The van der Waals surface area contributed by atoms with Crippen molar-refractivity contribution >= 4 is 30.0 Å². The lowest BCUT2D eigenvalue weighted by molar-refractivity contribution is -0.384. The van der Waals surface area contributed by atoms with Gasteiger partial charge in [-0.05, 0) is 47.4 Å². The van der Waals surface area contributed by atoms with Gasteiger partial charge in [-0.1, -0.05) is 72.3 Å². The third kappa shape index (κ3) is 4.77. The summed E-state index contributed by atoms with van der Waals surface area (Å²) in [5.41, 5.74) is 5.65. The molecule has 0 heterocycles. The van der Waals surface area contributed by atoms with Gasteiger partial charge in [0.15, 0.2) is 0 Å². The molecule has 0 saturated heterocycles. The summed E-state index contributed by atoms with van der Waals surface area (Å²) in [6.45, 7) is 2.08. The fourth-order valence-electron chi connectivity index (χ4n) is 2.54. The predicted molar refractivity (Wildman–Crippen MR) is 109 cm³/mol. The van der Waals surface area contributed by atoms with Gasteiger partial charge in [0, 0.05) is 12.1 Å². The summed E-state index contributed by atoms with van der Waals surface area (Å²) >= 11 is 0. The van der Waals surface area contributed by atoms with E-state index in [1.165, 1.54) is 23.3 Å². The van der Waals surface area contributed by atoms with Crippen LogP contribution in [0.1, 0.15) is 27.8 Å². The molecule has 0 atom stereocenters. The third-order valence-electron chi connectivity index (χ3n) is 4.03. The monoisotopic (exact) mass is 341 g/mol. The molecule has 0 aliphatic heterocycles. The first-order chi connectivity index (χ1) is 12.6. The van der Waals surface area contributed by atoms with Crippen molar-refractivity contribution in [2.45, 2.75) is 6.92 Å². The number of aryl methyl sites for hydroxylation is 1. The van der Waals surface area contributed by atoms with Gasteiger partial charge in [0.1, 0.15) is 0 Å². The van der Waals surface area contributed by atoms with Gasteiger partial charge in [-0.2, -0.15) is 0 Å². The van der Waals surface area contributed by atoms with Crippen molar-refractivity contribution < 1.29 is 4.92 Å². The van der Waals surface area contributed by atoms with Crippen LogP contribution in [-0.2, 0) is 0 Å². The first-order valence-electron chi connectivity index (χ1n) is 8.37. The highest BCUT2D eigenvalue weighted by atomic mass is 16.6. The van der Waals surface area contributed by atoms with Crippen molar-refractivity contribution in [1.29, 1.82) is 0 Å². The zero-order chi connectivity index (χ0) is 18.4. The topological polar surface area (TPSA) is 43.1 Å². The summed E-state index contributed by atoms with van der Waals surface area (Å²) in [5.74, 6) is 0. The number of nitro groups is 1.